The highest BCUT2D eigenvalue weighted by Crippen LogP contribution is 2.26. The van der Waals surface area contributed by atoms with E-state index < -0.39 is 5.60 Å². The first kappa shape index (κ1) is 24.8. The largest absolute Gasteiger partial charge is 0.490 e. The van der Waals surface area contributed by atoms with Crippen molar-refractivity contribution in [3.63, 3.8) is 0 Å². The van der Waals surface area contributed by atoms with Crippen LogP contribution in [0.25, 0.3) is 0 Å². The number of carbonyl (C=O) groups is 2. The number of nitrogens with zero attached hydrogens (tertiary/aromatic N) is 4. The fraction of sp³-hybridized carbons (Fsp3) is 0.346. The maximum atomic E-state index is 13.3. The molecule has 1 fully saturated rings. The summed E-state index contributed by atoms with van der Waals surface area (Å²) in [6.07, 6.45) is 5.07. The summed E-state index contributed by atoms with van der Waals surface area (Å²) in [5, 5.41) is 0.606. The molecule has 1 aromatic heterocycles. The average Bonchev–Trinajstić information content (AvgIpc) is 3.37. The molecule has 2 amide bonds. The highest BCUT2D eigenvalue weighted by atomic mass is 35.5. The van der Waals surface area contributed by atoms with E-state index in [9.17, 15) is 9.59 Å². The molecule has 0 bridgehead atoms. The highest BCUT2D eigenvalue weighted by Gasteiger charge is 2.42. The van der Waals surface area contributed by atoms with Crippen molar-refractivity contribution in [1.82, 2.24) is 19.4 Å². The van der Waals surface area contributed by atoms with Crippen molar-refractivity contribution in [3.8, 4) is 5.75 Å². The number of morpholine rings is 1. The maximum absolute atomic E-state index is 13.3. The van der Waals surface area contributed by atoms with E-state index in [4.69, 9.17) is 21.1 Å². The van der Waals surface area contributed by atoms with Crippen molar-refractivity contribution in [2.75, 3.05) is 33.4 Å². The van der Waals surface area contributed by atoms with E-state index in [1.165, 1.54) is 0 Å². The van der Waals surface area contributed by atoms with Crippen molar-refractivity contribution in [2.24, 2.45) is 0 Å². The molecule has 3 aromatic rings. The van der Waals surface area contributed by atoms with Gasteiger partial charge in [0.1, 0.15) is 24.5 Å². The van der Waals surface area contributed by atoms with Crippen molar-refractivity contribution in [2.45, 2.75) is 25.1 Å². The summed E-state index contributed by atoms with van der Waals surface area (Å²) < 4.78 is 13.9. The van der Waals surface area contributed by atoms with Gasteiger partial charge in [-0.3, -0.25) is 9.59 Å². The average molecular weight is 497 g/mol. The summed E-state index contributed by atoms with van der Waals surface area (Å²) in [4.78, 5) is 33.7. The zero-order valence-electron chi connectivity index (χ0n) is 19.7. The Morgan fingerprint density at radius 2 is 1.94 bits per heavy atom. The van der Waals surface area contributed by atoms with E-state index in [1.807, 2.05) is 30.3 Å². The Labute approximate surface area is 210 Å². The van der Waals surface area contributed by atoms with Gasteiger partial charge in [0.05, 0.1) is 25.9 Å². The Hall–Kier alpha value is -3.36. The lowest BCUT2D eigenvalue weighted by Gasteiger charge is -2.42. The summed E-state index contributed by atoms with van der Waals surface area (Å²) >= 11 is 5.99. The molecule has 1 aliphatic heterocycles. The van der Waals surface area contributed by atoms with E-state index >= 15 is 0 Å². The van der Waals surface area contributed by atoms with Crippen LogP contribution in [0, 0.1) is 0 Å². The van der Waals surface area contributed by atoms with Gasteiger partial charge in [-0.2, -0.15) is 0 Å². The van der Waals surface area contributed by atoms with Gasteiger partial charge in [0.15, 0.2) is 0 Å². The number of halogens is 1. The van der Waals surface area contributed by atoms with Gasteiger partial charge >= 0.3 is 0 Å². The molecule has 0 radical (unpaired) electrons. The third kappa shape index (κ3) is 6.83. The molecule has 35 heavy (non-hydrogen) atoms. The van der Waals surface area contributed by atoms with Crippen LogP contribution >= 0.6 is 11.6 Å². The molecule has 184 valence electrons. The number of amides is 2. The molecule has 9 heteroatoms. The van der Waals surface area contributed by atoms with Crippen LogP contribution in [0.3, 0.4) is 0 Å². The fourth-order valence-corrected chi connectivity index (χ4v) is 4.17. The van der Waals surface area contributed by atoms with E-state index in [0.717, 1.165) is 5.56 Å². The number of aromatic nitrogens is 2. The molecule has 2 aromatic carbocycles. The summed E-state index contributed by atoms with van der Waals surface area (Å²) in [6, 6.07) is 16.8. The number of hydrogen-bond donors (Lipinski definition) is 0. The van der Waals surface area contributed by atoms with Crippen LogP contribution < -0.4 is 4.74 Å². The highest BCUT2D eigenvalue weighted by molar-refractivity contribution is 6.30. The lowest BCUT2D eigenvalue weighted by Crippen LogP contribution is -2.58. The van der Waals surface area contributed by atoms with Gasteiger partial charge in [-0.1, -0.05) is 41.9 Å². The molecule has 1 saturated heterocycles. The molecule has 0 N–H and O–H groups in total. The Balaban J connectivity index is 1.48. The van der Waals surface area contributed by atoms with Crippen LogP contribution in [0.4, 0.5) is 0 Å². The first-order valence-electron chi connectivity index (χ1n) is 11.5. The van der Waals surface area contributed by atoms with Crippen LogP contribution in [0.1, 0.15) is 12.0 Å². The van der Waals surface area contributed by atoms with Gasteiger partial charge in [-0.15, -0.1) is 0 Å². The van der Waals surface area contributed by atoms with Crippen molar-refractivity contribution in [3.05, 3.63) is 83.9 Å². The van der Waals surface area contributed by atoms with Gasteiger partial charge in [0.25, 0.3) is 0 Å². The topological polar surface area (TPSA) is 76.9 Å². The summed E-state index contributed by atoms with van der Waals surface area (Å²) in [6.45, 7) is 1.79. The third-order valence-electron chi connectivity index (χ3n) is 5.96. The third-order valence-corrected chi connectivity index (χ3v) is 6.21. The number of rotatable bonds is 9. The summed E-state index contributed by atoms with van der Waals surface area (Å²) in [5.74, 6) is 0.467. The zero-order chi connectivity index (χ0) is 24.7. The second-order valence-electron chi connectivity index (χ2n) is 8.74. The van der Waals surface area contributed by atoms with E-state index in [-0.39, 0.29) is 37.9 Å². The monoisotopic (exact) mass is 496 g/mol. The van der Waals surface area contributed by atoms with E-state index in [2.05, 4.69) is 4.98 Å². The summed E-state index contributed by atoms with van der Waals surface area (Å²) in [7, 11) is 1.77. The SMILES string of the molecule is CN(Cc1ccccc1)C(=O)C[C@@]1(COc2ccc(Cl)cc2)CN(C(=O)Cn2ccnc2)CCO1. The minimum atomic E-state index is -0.982. The van der Waals surface area contributed by atoms with Gasteiger partial charge in [0.2, 0.25) is 11.8 Å². The fourth-order valence-electron chi connectivity index (χ4n) is 4.04. The second-order valence-corrected chi connectivity index (χ2v) is 9.17. The van der Waals surface area contributed by atoms with Crippen molar-refractivity contribution in [1.29, 1.82) is 0 Å². The number of hydrogen-bond acceptors (Lipinski definition) is 5. The van der Waals surface area contributed by atoms with Gasteiger partial charge in [-0.25, -0.2) is 4.98 Å². The molecular formula is C26H29ClN4O4. The van der Waals surface area contributed by atoms with Crippen LogP contribution in [0.2, 0.25) is 5.02 Å². The molecular weight excluding hydrogens is 468 g/mol. The molecule has 0 saturated carbocycles. The van der Waals surface area contributed by atoms with Crippen LogP contribution in [-0.2, 0) is 27.4 Å². The van der Waals surface area contributed by atoms with Gasteiger partial charge < -0.3 is 23.8 Å². The number of carbonyl (C=O) groups excluding carboxylic acids is 2. The predicted octanol–water partition coefficient (Wildman–Crippen LogP) is 3.26. The molecule has 0 aliphatic carbocycles. The Morgan fingerprint density at radius 3 is 2.66 bits per heavy atom. The maximum Gasteiger partial charge on any atom is 0.242 e. The number of ether oxygens (including phenoxy) is 2. The molecule has 8 nitrogen and oxygen atoms in total. The van der Waals surface area contributed by atoms with Gasteiger partial charge in [0, 0.05) is 37.6 Å². The Bertz CT molecular complexity index is 1110. The predicted molar refractivity (Wildman–Crippen MR) is 132 cm³/mol. The van der Waals surface area contributed by atoms with Crippen LogP contribution in [0.5, 0.6) is 5.75 Å². The normalized spacial score (nSPS) is 17.7. The molecule has 1 aliphatic rings. The smallest absolute Gasteiger partial charge is 0.242 e. The lowest BCUT2D eigenvalue weighted by molar-refractivity contribution is -0.166. The first-order chi connectivity index (χ1) is 16.9. The minimum absolute atomic E-state index is 0.0627. The quantitative estimate of drug-likeness (QED) is 0.454. The van der Waals surface area contributed by atoms with Crippen LogP contribution in [-0.4, -0.2) is 70.1 Å². The van der Waals surface area contributed by atoms with E-state index in [1.54, 1.807) is 64.4 Å². The zero-order valence-corrected chi connectivity index (χ0v) is 20.4. The minimum Gasteiger partial charge on any atom is -0.490 e. The Kier molecular flexibility index (Phi) is 8.05. The number of imidazole rings is 1. The second kappa shape index (κ2) is 11.4. The van der Waals surface area contributed by atoms with Crippen LogP contribution in [0.15, 0.2) is 73.3 Å². The summed E-state index contributed by atoms with van der Waals surface area (Å²) in [5.41, 5.74) is 0.0568. The van der Waals surface area contributed by atoms with Crippen molar-refractivity contribution >= 4 is 23.4 Å². The Morgan fingerprint density at radius 1 is 1.17 bits per heavy atom. The first-order valence-corrected chi connectivity index (χ1v) is 11.8. The van der Waals surface area contributed by atoms with Crippen molar-refractivity contribution < 1.29 is 19.1 Å². The van der Waals surface area contributed by atoms with Gasteiger partial charge in [-0.05, 0) is 29.8 Å². The standard InChI is InChI=1S/C26H29ClN4O4/c1-29(16-21-5-3-2-4-6-21)24(32)15-26(19-34-23-9-7-22(27)8-10-23)18-31(13-14-35-26)25(33)17-30-12-11-28-20-30/h2-12,20H,13-19H2,1H3/t26-/m0/s1. The molecule has 0 spiro atoms. The lowest BCUT2D eigenvalue weighted by atomic mass is 9.96. The molecule has 1 atom stereocenters. The molecule has 2 heterocycles. The number of benzene rings is 2. The molecule has 4 rings (SSSR count). The van der Waals surface area contributed by atoms with E-state index in [0.29, 0.717) is 30.5 Å². The molecule has 0 unspecified atom stereocenters.